The molecule has 1 atom stereocenters. The number of rotatable bonds is 2. The lowest BCUT2D eigenvalue weighted by Crippen LogP contribution is -2.51. The first-order chi connectivity index (χ1) is 7.83. The van der Waals surface area contributed by atoms with Crippen molar-refractivity contribution < 1.29 is 19.1 Å². The molecule has 1 aliphatic rings. The van der Waals surface area contributed by atoms with Crippen molar-refractivity contribution in [2.24, 2.45) is 5.73 Å². The van der Waals surface area contributed by atoms with Crippen LogP contribution in [0.2, 0.25) is 0 Å². The molecule has 0 radical (unpaired) electrons. The Bertz CT molecular complexity index is 298. The van der Waals surface area contributed by atoms with Crippen molar-refractivity contribution in [1.29, 1.82) is 0 Å². The molecule has 0 aromatic heterocycles. The molecule has 1 amide bonds. The first-order valence-corrected chi connectivity index (χ1v) is 5.66. The molecule has 2 N–H and O–H groups in total. The van der Waals surface area contributed by atoms with Gasteiger partial charge < -0.3 is 20.1 Å². The van der Waals surface area contributed by atoms with E-state index in [4.69, 9.17) is 15.2 Å². The Morgan fingerprint density at radius 2 is 2.12 bits per heavy atom. The minimum Gasteiger partial charge on any atom is -0.458 e. The molecule has 0 spiro atoms. The van der Waals surface area contributed by atoms with E-state index in [1.165, 1.54) is 4.90 Å². The van der Waals surface area contributed by atoms with Crippen LogP contribution in [0.15, 0.2) is 0 Å². The van der Waals surface area contributed by atoms with Crippen LogP contribution in [0.4, 0.5) is 0 Å². The Labute approximate surface area is 101 Å². The van der Waals surface area contributed by atoms with Crippen molar-refractivity contribution in [3.05, 3.63) is 0 Å². The third kappa shape index (κ3) is 4.32. The smallest absolute Gasteiger partial charge is 0.337 e. The van der Waals surface area contributed by atoms with Gasteiger partial charge in [0, 0.05) is 6.54 Å². The zero-order chi connectivity index (χ0) is 13.1. The van der Waals surface area contributed by atoms with Crippen LogP contribution in [0.25, 0.3) is 0 Å². The normalized spacial score (nSPS) is 21.2. The highest BCUT2D eigenvalue weighted by Crippen LogP contribution is 2.13. The summed E-state index contributed by atoms with van der Waals surface area (Å²) >= 11 is 0. The van der Waals surface area contributed by atoms with Crippen LogP contribution in [0.5, 0.6) is 0 Å². The molecule has 0 aromatic carbocycles. The Hall–Kier alpha value is -1.14. The molecule has 6 nitrogen and oxygen atoms in total. The zero-order valence-electron chi connectivity index (χ0n) is 10.6. The van der Waals surface area contributed by atoms with Crippen molar-refractivity contribution in [2.75, 3.05) is 26.2 Å². The van der Waals surface area contributed by atoms with E-state index in [0.717, 1.165) is 0 Å². The number of esters is 1. The minimum atomic E-state index is -0.710. The van der Waals surface area contributed by atoms with Crippen molar-refractivity contribution in [1.82, 2.24) is 4.90 Å². The van der Waals surface area contributed by atoms with Crippen LogP contribution in [0.3, 0.4) is 0 Å². The van der Waals surface area contributed by atoms with Gasteiger partial charge in [-0.25, -0.2) is 4.79 Å². The van der Waals surface area contributed by atoms with Crippen molar-refractivity contribution in [2.45, 2.75) is 32.5 Å². The summed E-state index contributed by atoms with van der Waals surface area (Å²) < 4.78 is 10.5. The largest absolute Gasteiger partial charge is 0.458 e. The number of nitrogens with zero attached hydrogens (tertiary/aromatic N) is 1. The number of amides is 1. The lowest BCUT2D eigenvalue weighted by molar-refractivity contribution is -0.175. The number of morpholine rings is 1. The third-order valence-electron chi connectivity index (χ3n) is 2.26. The predicted octanol–water partition coefficient (Wildman–Crippen LogP) is -0.486. The summed E-state index contributed by atoms with van der Waals surface area (Å²) in [6, 6.07) is 0. The monoisotopic (exact) mass is 244 g/mol. The molecule has 0 saturated carbocycles. The quantitative estimate of drug-likeness (QED) is 0.663. The Kier molecular flexibility index (Phi) is 4.47. The van der Waals surface area contributed by atoms with E-state index in [9.17, 15) is 9.59 Å². The van der Waals surface area contributed by atoms with Crippen LogP contribution in [0.1, 0.15) is 20.8 Å². The van der Waals surface area contributed by atoms with Gasteiger partial charge in [-0.05, 0) is 20.8 Å². The average Bonchev–Trinajstić information content (AvgIpc) is 2.26. The fourth-order valence-electron chi connectivity index (χ4n) is 1.52. The van der Waals surface area contributed by atoms with Crippen molar-refractivity contribution >= 4 is 11.9 Å². The van der Waals surface area contributed by atoms with Crippen LogP contribution < -0.4 is 5.73 Å². The average molecular weight is 244 g/mol. The van der Waals surface area contributed by atoms with E-state index in [2.05, 4.69) is 0 Å². The standard InChI is InChI=1S/C11H20N2O4/c1-11(2,3)17-10(15)8-7-13(4-5-16-8)9(14)6-12/h8H,4-7,12H2,1-3H3. The van der Waals surface area contributed by atoms with Crippen LogP contribution in [-0.4, -0.2) is 54.7 Å². The fraction of sp³-hybridized carbons (Fsp3) is 0.818. The van der Waals surface area contributed by atoms with E-state index in [0.29, 0.717) is 13.2 Å². The molecule has 1 fully saturated rings. The van der Waals surface area contributed by atoms with Gasteiger partial charge in [-0.3, -0.25) is 4.79 Å². The minimum absolute atomic E-state index is 0.0545. The second-order valence-corrected chi connectivity index (χ2v) is 4.94. The summed E-state index contributed by atoms with van der Waals surface area (Å²) in [5.41, 5.74) is 4.72. The topological polar surface area (TPSA) is 81.9 Å². The zero-order valence-corrected chi connectivity index (χ0v) is 10.6. The Balaban J connectivity index is 2.55. The highest BCUT2D eigenvalue weighted by Gasteiger charge is 2.32. The molecule has 1 unspecified atom stereocenters. The SMILES string of the molecule is CC(C)(C)OC(=O)C1CN(C(=O)CN)CCO1. The molecule has 0 aromatic rings. The number of hydrogen-bond acceptors (Lipinski definition) is 5. The highest BCUT2D eigenvalue weighted by atomic mass is 16.6. The lowest BCUT2D eigenvalue weighted by Gasteiger charge is -2.33. The molecule has 6 heteroatoms. The molecular weight excluding hydrogens is 224 g/mol. The van der Waals surface area contributed by atoms with Gasteiger partial charge in [0.25, 0.3) is 0 Å². The summed E-state index contributed by atoms with van der Waals surface area (Å²) in [5.74, 6) is -0.617. The third-order valence-corrected chi connectivity index (χ3v) is 2.26. The van der Waals surface area contributed by atoms with E-state index in [1.807, 2.05) is 0 Å². The van der Waals surface area contributed by atoms with E-state index < -0.39 is 17.7 Å². The maximum absolute atomic E-state index is 11.8. The molecule has 98 valence electrons. The molecule has 1 rings (SSSR count). The summed E-state index contributed by atoms with van der Waals surface area (Å²) in [5, 5.41) is 0. The van der Waals surface area contributed by atoms with Gasteiger partial charge in [0.2, 0.25) is 5.91 Å². The molecule has 1 saturated heterocycles. The van der Waals surface area contributed by atoms with Crippen LogP contribution >= 0.6 is 0 Å². The molecule has 0 bridgehead atoms. The van der Waals surface area contributed by atoms with E-state index in [1.54, 1.807) is 20.8 Å². The van der Waals surface area contributed by atoms with Gasteiger partial charge in [0.1, 0.15) is 5.60 Å². The Morgan fingerprint density at radius 3 is 2.65 bits per heavy atom. The highest BCUT2D eigenvalue weighted by molar-refractivity contribution is 5.80. The first kappa shape index (κ1) is 13.9. The summed E-state index contributed by atoms with van der Waals surface area (Å²) in [7, 11) is 0. The number of carbonyl (C=O) groups is 2. The molecule has 0 aliphatic carbocycles. The van der Waals surface area contributed by atoms with Crippen molar-refractivity contribution in [3.63, 3.8) is 0 Å². The van der Waals surface area contributed by atoms with E-state index >= 15 is 0 Å². The van der Waals surface area contributed by atoms with Gasteiger partial charge in [0.05, 0.1) is 19.7 Å². The lowest BCUT2D eigenvalue weighted by atomic mass is 10.2. The summed E-state index contributed by atoms with van der Waals surface area (Å²) in [4.78, 5) is 24.7. The Morgan fingerprint density at radius 1 is 1.47 bits per heavy atom. The fourth-order valence-corrected chi connectivity index (χ4v) is 1.52. The van der Waals surface area contributed by atoms with Gasteiger partial charge >= 0.3 is 5.97 Å². The van der Waals surface area contributed by atoms with E-state index in [-0.39, 0.29) is 19.0 Å². The van der Waals surface area contributed by atoms with Crippen LogP contribution in [-0.2, 0) is 19.1 Å². The predicted molar refractivity (Wildman–Crippen MR) is 61.2 cm³/mol. The maximum atomic E-state index is 11.8. The number of carbonyl (C=O) groups excluding carboxylic acids is 2. The summed E-state index contributed by atoms with van der Waals surface area (Å²) in [6.07, 6.45) is -0.710. The number of nitrogens with two attached hydrogens (primary N) is 1. The van der Waals surface area contributed by atoms with Crippen LogP contribution in [0, 0.1) is 0 Å². The van der Waals surface area contributed by atoms with Gasteiger partial charge in [-0.15, -0.1) is 0 Å². The maximum Gasteiger partial charge on any atom is 0.337 e. The summed E-state index contributed by atoms with van der Waals surface area (Å²) in [6.45, 7) is 6.32. The molecule has 1 heterocycles. The second kappa shape index (κ2) is 5.46. The van der Waals surface area contributed by atoms with Crippen molar-refractivity contribution in [3.8, 4) is 0 Å². The second-order valence-electron chi connectivity index (χ2n) is 4.94. The number of ether oxygens (including phenoxy) is 2. The van der Waals surface area contributed by atoms with Gasteiger partial charge in [-0.1, -0.05) is 0 Å². The van der Waals surface area contributed by atoms with Gasteiger partial charge in [-0.2, -0.15) is 0 Å². The number of hydrogen-bond donors (Lipinski definition) is 1. The molecule has 1 aliphatic heterocycles. The first-order valence-electron chi connectivity index (χ1n) is 5.66. The molecule has 17 heavy (non-hydrogen) atoms. The molecular formula is C11H20N2O4. The van der Waals surface area contributed by atoms with Gasteiger partial charge in [0.15, 0.2) is 6.10 Å².